The fourth-order valence-corrected chi connectivity index (χ4v) is 1.97. The summed E-state index contributed by atoms with van der Waals surface area (Å²) in [6, 6.07) is 11.6. The molecule has 0 bridgehead atoms. The molecule has 0 aliphatic heterocycles. The Morgan fingerprint density at radius 3 is 2.62 bits per heavy atom. The van der Waals surface area contributed by atoms with E-state index in [0.717, 1.165) is 11.4 Å². The van der Waals surface area contributed by atoms with Gasteiger partial charge >= 0.3 is 5.97 Å². The monoisotopic (exact) mass is 285 g/mol. The third-order valence-electron chi connectivity index (χ3n) is 3.00. The summed E-state index contributed by atoms with van der Waals surface area (Å²) in [5.41, 5.74) is 0.950. The van der Waals surface area contributed by atoms with E-state index in [1.165, 1.54) is 0 Å². The van der Waals surface area contributed by atoms with Crippen LogP contribution < -0.4 is 4.90 Å². The molecule has 1 heterocycles. The zero-order chi connectivity index (χ0) is 15.1. The molecule has 0 atom stereocenters. The summed E-state index contributed by atoms with van der Waals surface area (Å²) in [5.74, 6) is 1.12. The molecule has 0 saturated carbocycles. The van der Waals surface area contributed by atoms with Gasteiger partial charge in [0.25, 0.3) is 0 Å². The van der Waals surface area contributed by atoms with Crippen LogP contribution in [0.5, 0.6) is 0 Å². The lowest BCUT2D eigenvalue weighted by Gasteiger charge is -2.20. The van der Waals surface area contributed by atoms with E-state index in [1.54, 1.807) is 19.2 Å². The Labute approximate surface area is 124 Å². The molecular weight excluding hydrogens is 266 g/mol. The average molecular weight is 285 g/mol. The number of anilines is 1. The Balaban J connectivity index is 2.21. The fraction of sp³-hybridized carbons (Fsp3) is 0.312. The number of hydrogen-bond donors (Lipinski definition) is 0. The van der Waals surface area contributed by atoms with Crippen LogP contribution in [-0.4, -0.2) is 35.6 Å². The molecule has 0 aliphatic rings. The van der Waals surface area contributed by atoms with Crippen molar-refractivity contribution in [2.75, 3.05) is 24.6 Å². The highest BCUT2D eigenvalue weighted by molar-refractivity contribution is 5.75. The minimum absolute atomic E-state index is 0.190. The lowest BCUT2D eigenvalue weighted by atomic mass is 10.2. The predicted octanol–water partition coefficient (Wildman–Crippen LogP) is 2.53. The maximum absolute atomic E-state index is 11.6. The molecule has 2 aromatic rings. The smallest absolute Gasteiger partial charge is 0.325 e. The van der Waals surface area contributed by atoms with Gasteiger partial charge in [-0.2, -0.15) is 0 Å². The quantitative estimate of drug-likeness (QED) is 0.763. The zero-order valence-electron chi connectivity index (χ0n) is 12.3. The first-order chi connectivity index (χ1) is 10.2. The molecule has 0 aliphatic carbocycles. The molecule has 0 fully saturated rings. The lowest BCUT2D eigenvalue weighted by molar-refractivity contribution is -0.141. The number of nitrogens with zero attached hydrogens (tertiary/aromatic N) is 3. The number of rotatable bonds is 6. The Hall–Kier alpha value is -2.43. The van der Waals surface area contributed by atoms with Crippen LogP contribution in [-0.2, 0) is 9.53 Å². The molecule has 0 radical (unpaired) electrons. The van der Waals surface area contributed by atoms with E-state index in [1.807, 2.05) is 42.2 Å². The van der Waals surface area contributed by atoms with E-state index >= 15 is 0 Å². The maximum atomic E-state index is 11.6. The first kappa shape index (κ1) is 15.0. The fourth-order valence-electron chi connectivity index (χ4n) is 1.97. The van der Waals surface area contributed by atoms with E-state index < -0.39 is 0 Å². The molecule has 0 saturated heterocycles. The molecule has 21 heavy (non-hydrogen) atoms. The van der Waals surface area contributed by atoms with Gasteiger partial charge in [0.05, 0.1) is 6.61 Å². The van der Waals surface area contributed by atoms with E-state index in [0.29, 0.717) is 19.0 Å². The van der Waals surface area contributed by atoms with Crippen molar-refractivity contribution in [2.24, 2.45) is 0 Å². The minimum atomic E-state index is -0.251. The molecule has 0 amide bonds. The van der Waals surface area contributed by atoms with Crippen molar-refractivity contribution in [3.63, 3.8) is 0 Å². The summed E-state index contributed by atoms with van der Waals surface area (Å²) in [6.45, 7) is 5.02. The van der Waals surface area contributed by atoms with Gasteiger partial charge in [-0.25, -0.2) is 9.97 Å². The number of carbonyl (C=O) groups excluding carboxylic acids is 1. The second kappa shape index (κ2) is 7.38. The summed E-state index contributed by atoms with van der Waals surface area (Å²) in [5, 5.41) is 0. The third kappa shape index (κ3) is 4.02. The number of benzene rings is 1. The molecule has 1 aromatic carbocycles. The largest absolute Gasteiger partial charge is 0.465 e. The van der Waals surface area contributed by atoms with Crippen molar-refractivity contribution in [1.82, 2.24) is 9.97 Å². The number of hydrogen-bond acceptors (Lipinski definition) is 5. The average Bonchev–Trinajstić information content (AvgIpc) is 2.54. The number of carbonyl (C=O) groups is 1. The lowest BCUT2D eigenvalue weighted by Crippen LogP contribution is -2.31. The second-order valence-electron chi connectivity index (χ2n) is 4.42. The highest BCUT2D eigenvalue weighted by Crippen LogP contribution is 2.17. The SMILES string of the molecule is CCOC(=O)CN(CC)c1ccnc(-c2ccccc2)n1. The first-order valence-electron chi connectivity index (χ1n) is 7.03. The molecule has 2 rings (SSSR count). The van der Waals surface area contributed by atoms with Gasteiger partial charge in [0, 0.05) is 18.3 Å². The summed E-state index contributed by atoms with van der Waals surface area (Å²) in [6.07, 6.45) is 1.71. The van der Waals surface area contributed by atoms with Crippen LogP contribution in [0.3, 0.4) is 0 Å². The standard InChI is InChI=1S/C16H19N3O2/c1-3-19(12-15(20)21-4-2)14-10-11-17-16(18-14)13-8-6-5-7-9-13/h5-11H,3-4,12H2,1-2H3. The van der Waals surface area contributed by atoms with Crippen LogP contribution in [0.4, 0.5) is 5.82 Å². The van der Waals surface area contributed by atoms with Gasteiger partial charge in [0.15, 0.2) is 5.82 Å². The van der Waals surface area contributed by atoms with E-state index in [2.05, 4.69) is 9.97 Å². The maximum Gasteiger partial charge on any atom is 0.325 e. The number of esters is 1. The van der Waals surface area contributed by atoms with Gasteiger partial charge in [-0.1, -0.05) is 30.3 Å². The van der Waals surface area contributed by atoms with Crippen LogP contribution >= 0.6 is 0 Å². The molecule has 5 heteroatoms. The van der Waals surface area contributed by atoms with Crippen molar-refractivity contribution in [3.05, 3.63) is 42.6 Å². The Morgan fingerprint density at radius 2 is 1.95 bits per heavy atom. The topological polar surface area (TPSA) is 55.3 Å². The van der Waals surface area contributed by atoms with Crippen LogP contribution in [0.1, 0.15) is 13.8 Å². The minimum Gasteiger partial charge on any atom is -0.465 e. The van der Waals surface area contributed by atoms with Crippen LogP contribution in [0, 0.1) is 0 Å². The van der Waals surface area contributed by atoms with Crippen molar-refractivity contribution in [2.45, 2.75) is 13.8 Å². The summed E-state index contributed by atoms with van der Waals surface area (Å²) >= 11 is 0. The Morgan fingerprint density at radius 1 is 1.19 bits per heavy atom. The van der Waals surface area contributed by atoms with Gasteiger partial charge in [-0.05, 0) is 19.9 Å². The highest BCUT2D eigenvalue weighted by atomic mass is 16.5. The van der Waals surface area contributed by atoms with Crippen molar-refractivity contribution < 1.29 is 9.53 Å². The van der Waals surface area contributed by atoms with Gasteiger partial charge in [0.2, 0.25) is 0 Å². The van der Waals surface area contributed by atoms with Crippen molar-refractivity contribution >= 4 is 11.8 Å². The number of likely N-dealkylation sites (N-methyl/N-ethyl adjacent to an activating group) is 1. The Kier molecular flexibility index (Phi) is 5.26. The normalized spacial score (nSPS) is 10.2. The molecule has 110 valence electrons. The van der Waals surface area contributed by atoms with E-state index in [-0.39, 0.29) is 12.5 Å². The summed E-state index contributed by atoms with van der Waals surface area (Å²) < 4.78 is 4.99. The highest BCUT2D eigenvalue weighted by Gasteiger charge is 2.13. The van der Waals surface area contributed by atoms with Crippen molar-refractivity contribution in [3.8, 4) is 11.4 Å². The number of ether oxygens (including phenoxy) is 1. The molecule has 0 N–H and O–H groups in total. The number of aromatic nitrogens is 2. The van der Waals surface area contributed by atoms with Gasteiger partial charge in [0.1, 0.15) is 12.4 Å². The molecular formula is C16H19N3O2. The van der Waals surface area contributed by atoms with Crippen LogP contribution in [0.25, 0.3) is 11.4 Å². The van der Waals surface area contributed by atoms with Crippen LogP contribution in [0.15, 0.2) is 42.6 Å². The van der Waals surface area contributed by atoms with Crippen LogP contribution in [0.2, 0.25) is 0 Å². The van der Waals surface area contributed by atoms with E-state index in [9.17, 15) is 4.79 Å². The van der Waals surface area contributed by atoms with Gasteiger partial charge < -0.3 is 9.64 Å². The zero-order valence-corrected chi connectivity index (χ0v) is 12.3. The molecule has 1 aromatic heterocycles. The predicted molar refractivity (Wildman–Crippen MR) is 82.0 cm³/mol. The summed E-state index contributed by atoms with van der Waals surface area (Å²) in [4.78, 5) is 22.3. The second-order valence-corrected chi connectivity index (χ2v) is 4.42. The van der Waals surface area contributed by atoms with E-state index in [4.69, 9.17) is 4.74 Å². The van der Waals surface area contributed by atoms with Gasteiger partial charge in [-0.3, -0.25) is 4.79 Å². The first-order valence-corrected chi connectivity index (χ1v) is 7.03. The molecule has 0 unspecified atom stereocenters. The van der Waals surface area contributed by atoms with Crippen molar-refractivity contribution in [1.29, 1.82) is 0 Å². The van der Waals surface area contributed by atoms with Gasteiger partial charge in [-0.15, -0.1) is 0 Å². The molecule has 5 nitrogen and oxygen atoms in total. The molecule has 0 spiro atoms. The third-order valence-corrected chi connectivity index (χ3v) is 3.00. The summed E-state index contributed by atoms with van der Waals surface area (Å²) in [7, 11) is 0. The Bertz CT molecular complexity index is 587.